The maximum absolute atomic E-state index is 14.2. The van der Waals surface area contributed by atoms with Crippen molar-refractivity contribution in [1.29, 1.82) is 0 Å². The van der Waals surface area contributed by atoms with E-state index in [0.717, 1.165) is 46.0 Å². The van der Waals surface area contributed by atoms with Crippen molar-refractivity contribution in [3.8, 4) is 5.75 Å². The van der Waals surface area contributed by atoms with Crippen LogP contribution in [-0.4, -0.2) is 60.0 Å². The molecule has 8 N–H and O–H groups in total. The van der Waals surface area contributed by atoms with Crippen LogP contribution in [0.3, 0.4) is 0 Å². The van der Waals surface area contributed by atoms with Gasteiger partial charge in [-0.15, -0.1) is 0 Å². The number of nitrogens with one attached hydrogen (secondary N) is 4. The average Bonchev–Trinajstić information content (AvgIpc) is 3.87. The summed E-state index contributed by atoms with van der Waals surface area (Å²) in [4.78, 5) is 45.5. The van der Waals surface area contributed by atoms with E-state index in [4.69, 9.17) is 16.2 Å². The molecular weight excluding hydrogens is 736 g/mol. The molecule has 13 heteroatoms. The fraction of sp³-hybridized carbons (Fsp3) is 0.333. The number of rotatable bonds is 19. The van der Waals surface area contributed by atoms with E-state index in [1.807, 2.05) is 48.5 Å². The highest BCUT2D eigenvalue weighted by Crippen LogP contribution is 2.28. The number of halogens is 1. The highest BCUT2D eigenvalue weighted by atomic mass is 19.1. The molecule has 1 aliphatic carbocycles. The van der Waals surface area contributed by atoms with Crippen LogP contribution in [-0.2, 0) is 40.3 Å². The van der Waals surface area contributed by atoms with Gasteiger partial charge in [-0.3, -0.25) is 19.4 Å². The van der Waals surface area contributed by atoms with Gasteiger partial charge < -0.3 is 42.0 Å². The summed E-state index contributed by atoms with van der Waals surface area (Å²) in [6.45, 7) is 1.48. The normalized spacial score (nSPS) is 13.8. The molecule has 3 amide bonds. The van der Waals surface area contributed by atoms with Crippen molar-refractivity contribution in [3.05, 3.63) is 131 Å². The molecule has 0 aliphatic heterocycles. The molecule has 1 aliphatic rings. The molecule has 1 heterocycles. The summed E-state index contributed by atoms with van der Waals surface area (Å²) < 4.78 is 21.1. The molecular formula is C45H53FN8O4. The third-order valence-electron chi connectivity index (χ3n) is 10.5. The van der Waals surface area contributed by atoms with Gasteiger partial charge in [0, 0.05) is 54.9 Å². The lowest BCUT2D eigenvalue weighted by atomic mass is 10.0. The fourth-order valence-corrected chi connectivity index (χ4v) is 7.40. The number of benzene rings is 4. The van der Waals surface area contributed by atoms with Gasteiger partial charge in [-0.1, -0.05) is 67.4 Å². The zero-order chi connectivity index (χ0) is 40.9. The number of aromatic nitrogens is 1. The summed E-state index contributed by atoms with van der Waals surface area (Å²) in [5.74, 6) is -0.939. The highest BCUT2D eigenvalue weighted by molar-refractivity contribution is 6.00. The molecule has 5 aromatic rings. The summed E-state index contributed by atoms with van der Waals surface area (Å²) in [6.07, 6.45) is 7.75. The first-order valence-electron chi connectivity index (χ1n) is 19.9. The predicted molar refractivity (Wildman–Crippen MR) is 226 cm³/mol. The van der Waals surface area contributed by atoms with Gasteiger partial charge in [0.1, 0.15) is 23.7 Å². The number of methoxy groups -OCH3 is 1. The number of amides is 3. The number of nitrogens with zero attached hydrogens (tertiary/aromatic N) is 2. The minimum absolute atomic E-state index is 0.0435. The Hall–Kier alpha value is -6.21. The molecule has 304 valence electrons. The summed E-state index contributed by atoms with van der Waals surface area (Å²) in [6, 6.07) is 27.4. The quantitative estimate of drug-likeness (QED) is 0.0373. The number of guanidine groups is 1. The summed E-state index contributed by atoms with van der Waals surface area (Å²) in [5, 5.41) is 13.6. The number of ether oxygens (including phenoxy) is 1. The van der Waals surface area contributed by atoms with Crippen LogP contribution in [0.25, 0.3) is 10.9 Å². The molecule has 1 saturated carbocycles. The van der Waals surface area contributed by atoms with Crippen molar-refractivity contribution in [2.24, 2.45) is 16.5 Å². The monoisotopic (exact) mass is 788 g/mol. The maximum atomic E-state index is 14.2. The van der Waals surface area contributed by atoms with Crippen molar-refractivity contribution in [2.45, 2.75) is 82.6 Å². The topological polar surface area (TPSA) is 178 Å². The van der Waals surface area contributed by atoms with Gasteiger partial charge >= 0.3 is 0 Å². The lowest BCUT2D eigenvalue weighted by Gasteiger charge is -2.23. The van der Waals surface area contributed by atoms with Crippen molar-refractivity contribution in [3.63, 3.8) is 0 Å². The Kier molecular flexibility index (Phi) is 14.5. The van der Waals surface area contributed by atoms with Crippen molar-refractivity contribution in [2.75, 3.05) is 19.0 Å². The third kappa shape index (κ3) is 11.9. The number of carbonyl (C=O) groups is 3. The zero-order valence-electron chi connectivity index (χ0n) is 32.9. The molecule has 12 nitrogen and oxygen atoms in total. The summed E-state index contributed by atoms with van der Waals surface area (Å²) >= 11 is 0. The number of anilines is 1. The van der Waals surface area contributed by atoms with Gasteiger partial charge in [-0.2, -0.15) is 0 Å². The molecule has 0 spiro atoms. The zero-order valence-corrected chi connectivity index (χ0v) is 32.9. The second-order valence-electron chi connectivity index (χ2n) is 14.8. The van der Waals surface area contributed by atoms with E-state index < -0.39 is 23.9 Å². The van der Waals surface area contributed by atoms with Crippen molar-refractivity contribution < 1.29 is 23.5 Å². The maximum Gasteiger partial charge on any atom is 0.247 e. The summed E-state index contributed by atoms with van der Waals surface area (Å²) in [7, 11) is 1.57. The van der Waals surface area contributed by atoms with Crippen LogP contribution in [0.5, 0.6) is 5.75 Å². The first-order chi connectivity index (χ1) is 28.1. The minimum atomic E-state index is -0.976. The van der Waals surface area contributed by atoms with E-state index in [-0.39, 0.29) is 43.5 Å². The van der Waals surface area contributed by atoms with Crippen molar-refractivity contribution in [1.82, 2.24) is 20.5 Å². The molecule has 0 bridgehead atoms. The van der Waals surface area contributed by atoms with E-state index in [9.17, 15) is 18.8 Å². The van der Waals surface area contributed by atoms with Gasteiger partial charge in [0.2, 0.25) is 17.7 Å². The van der Waals surface area contributed by atoms with Crippen LogP contribution in [0, 0.1) is 5.82 Å². The molecule has 6 rings (SSSR count). The number of hydrogen-bond acceptors (Lipinski definition) is 6. The second-order valence-corrected chi connectivity index (χ2v) is 14.8. The average molecular weight is 789 g/mol. The van der Waals surface area contributed by atoms with Crippen LogP contribution in [0.4, 0.5) is 10.1 Å². The van der Waals surface area contributed by atoms with Gasteiger partial charge in [-0.05, 0) is 90.4 Å². The van der Waals surface area contributed by atoms with Crippen LogP contribution < -0.4 is 37.5 Å². The van der Waals surface area contributed by atoms with Gasteiger partial charge in [-0.25, -0.2) is 4.39 Å². The van der Waals surface area contributed by atoms with E-state index in [1.165, 1.54) is 25.0 Å². The van der Waals surface area contributed by atoms with Crippen LogP contribution >= 0.6 is 0 Å². The van der Waals surface area contributed by atoms with Gasteiger partial charge in [0.15, 0.2) is 5.96 Å². The van der Waals surface area contributed by atoms with Crippen molar-refractivity contribution >= 4 is 40.3 Å². The Morgan fingerprint density at radius 3 is 2.29 bits per heavy atom. The fourth-order valence-electron chi connectivity index (χ4n) is 7.40. The van der Waals surface area contributed by atoms with Crippen LogP contribution in [0.2, 0.25) is 0 Å². The van der Waals surface area contributed by atoms with Gasteiger partial charge in [0.25, 0.3) is 0 Å². The Balaban J connectivity index is 1.22. The SMILES string of the molecule is COc1ccc(CC(=O)N[C@H](CCCN=C(N)N)C(=O)N[C@H](Cc2ccccc2)C(=O)Nc2ccc3c(c2)c(CNC2CCCC2)cn3Cc2ccc(F)cc2)cc1. The number of aliphatic imine (C=N–C) groups is 1. The molecule has 0 saturated heterocycles. The molecule has 4 aromatic carbocycles. The molecule has 0 radical (unpaired) electrons. The smallest absolute Gasteiger partial charge is 0.247 e. The Morgan fingerprint density at radius 1 is 0.862 bits per heavy atom. The summed E-state index contributed by atoms with van der Waals surface area (Å²) in [5.41, 5.74) is 16.3. The lowest BCUT2D eigenvalue weighted by Crippen LogP contribution is -2.53. The standard InChI is InChI=1S/C45H53FN8O4/c1-58-37-20-15-31(16-21-37)25-42(55)52-39(12-7-23-49-45(47)48)43(56)53-40(24-30-8-3-2-4-9-30)44(57)51-36-19-22-41-38(26-36)33(27-50-35-10-5-6-11-35)29-54(41)28-32-13-17-34(46)18-14-32/h2-4,8-9,13-22,26,29,35,39-40,50H,5-7,10-12,23-25,27-28H2,1H3,(H,51,57)(H,52,55)(H,53,56)(H4,47,48,49)/t39-,40-/m1/s1. The number of fused-ring (bicyclic) bond motifs is 1. The largest absolute Gasteiger partial charge is 0.497 e. The molecule has 0 unspecified atom stereocenters. The van der Waals surface area contributed by atoms with E-state index in [0.29, 0.717) is 37.0 Å². The van der Waals surface area contributed by atoms with E-state index in [1.54, 1.807) is 43.5 Å². The predicted octanol–water partition coefficient (Wildman–Crippen LogP) is 5.32. The van der Waals surface area contributed by atoms with Gasteiger partial charge in [0.05, 0.1) is 13.5 Å². The van der Waals surface area contributed by atoms with Crippen LogP contribution in [0.1, 0.15) is 60.8 Å². The van der Waals surface area contributed by atoms with E-state index in [2.05, 4.69) is 37.0 Å². The molecule has 2 atom stereocenters. The number of carbonyl (C=O) groups excluding carboxylic acids is 3. The number of hydrogen-bond donors (Lipinski definition) is 6. The van der Waals surface area contributed by atoms with E-state index >= 15 is 0 Å². The molecule has 1 fully saturated rings. The highest BCUT2D eigenvalue weighted by Gasteiger charge is 2.28. The third-order valence-corrected chi connectivity index (χ3v) is 10.5. The second kappa shape index (κ2) is 20.3. The first-order valence-corrected chi connectivity index (χ1v) is 19.9. The van der Waals surface area contributed by atoms with Crippen LogP contribution in [0.15, 0.2) is 108 Å². The Bertz CT molecular complexity index is 2160. The molecule has 58 heavy (non-hydrogen) atoms. The first kappa shape index (κ1) is 41.4. The minimum Gasteiger partial charge on any atom is -0.497 e. The Labute approximate surface area is 338 Å². The Morgan fingerprint density at radius 2 is 1.59 bits per heavy atom. The lowest BCUT2D eigenvalue weighted by molar-refractivity contribution is -0.131. The number of nitrogens with two attached hydrogens (primary N) is 2. The molecule has 1 aromatic heterocycles.